The van der Waals surface area contributed by atoms with Gasteiger partial charge in [-0.1, -0.05) is 38.0 Å². The Kier molecular flexibility index (Phi) is 5.89. The highest BCUT2D eigenvalue weighted by Crippen LogP contribution is 2.16. The van der Waals surface area contributed by atoms with E-state index in [0.29, 0.717) is 22.3 Å². The Morgan fingerprint density at radius 2 is 1.88 bits per heavy atom. The summed E-state index contributed by atoms with van der Waals surface area (Å²) in [6.45, 7) is 2.26. The number of hydrogen-bond acceptors (Lipinski definition) is 3. The zero-order valence-corrected chi connectivity index (χ0v) is 14.8. The Hall–Kier alpha value is -2.82. The molecule has 0 aliphatic heterocycles. The first kappa shape index (κ1) is 18.0. The number of halogens is 1. The summed E-state index contributed by atoms with van der Waals surface area (Å²) in [5.41, 5.74) is 2.89. The number of nitrogens with zero attached hydrogens (tertiary/aromatic N) is 2. The first-order chi connectivity index (χ1) is 12.7. The molecule has 3 rings (SSSR count). The van der Waals surface area contributed by atoms with E-state index in [1.54, 1.807) is 36.5 Å². The average Bonchev–Trinajstić information content (AvgIpc) is 2.68. The van der Waals surface area contributed by atoms with Gasteiger partial charge in [-0.2, -0.15) is 0 Å². The van der Waals surface area contributed by atoms with E-state index in [1.807, 2.05) is 12.1 Å². The van der Waals surface area contributed by atoms with Gasteiger partial charge in [-0.05, 0) is 42.7 Å². The standard InChI is InChI=1S/C21H22FN3O/c1-2-3-4-7-15-8-5-9-16(20(15)22)14-24-21(26)19-12-11-17-18(25-19)10-6-13-23-17/h5-6,8-13H,2-4,7,14H2,1H3,(H,24,26). The Bertz CT molecular complexity index is 911. The Labute approximate surface area is 152 Å². The number of aryl methyl sites for hydroxylation is 1. The Morgan fingerprint density at radius 3 is 2.73 bits per heavy atom. The van der Waals surface area contributed by atoms with Crippen LogP contribution in [0.15, 0.2) is 48.7 Å². The summed E-state index contributed by atoms with van der Waals surface area (Å²) in [6, 6.07) is 12.3. The lowest BCUT2D eigenvalue weighted by Crippen LogP contribution is -2.24. The molecule has 0 bridgehead atoms. The van der Waals surface area contributed by atoms with Crippen molar-refractivity contribution in [1.29, 1.82) is 0 Å². The normalized spacial score (nSPS) is 10.8. The zero-order chi connectivity index (χ0) is 18.4. The molecule has 0 saturated heterocycles. The number of benzene rings is 1. The van der Waals surface area contributed by atoms with Gasteiger partial charge >= 0.3 is 0 Å². The van der Waals surface area contributed by atoms with E-state index in [4.69, 9.17) is 0 Å². The molecule has 3 aromatic rings. The van der Waals surface area contributed by atoms with E-state index in [-0.39, 0.29) is 18.3 Å². The minimum Gasteiger partial charge on any atom is -0.347 e. The van der Waals surface area contributed by atoms with E-state index in [2.05, 4.69) is 22.2 Å². The van der Waals surface area contributed by atoms with Crippen molar-refractivity contribution in [2.24, 2.45) is 0 Å². The number of nitrogens with one attached hydrogen (secondary N) is 1. The van der Waals surface area contributed by atoms with Crippen molar-refractivity contribution >= 4 is 16.9 Å². The van der Waals surface area contributed by atoms with Crippen molar-refractivity contribution in [2.75, 3.05) is 0 Å². The van der Waals surface area contributed by atoms with Crippen LogP contribution in [0.5, 0.6) is 0 Å². The minimum atomic E-state index is -0.327. The SMILES string of the molecule is CCCCCc1cccc(CNC(=O)c2ccc3ncccc3n2)c1F. The van der Waals surface area contributed by atoms with Crippen molar-refractivity contribution in [1.82, 2.24) is 15.3 Å². The monoisotopic (exact) mass is 351 g/mol. The van der Waals surface area contributed by atoms with Crippen LogP contribution >= 0.6 is 0 Å². The van der Waals surface area contributed by atoms with Crippen LogP contribution in [-0.4, -0.2) is 15.9 Å². The lowest BCUT2D eigenvalue weighted by Gasteiger charge is -2.10. The summed E-state index contributed by atoms with van der Waals surface area (Å²) >= 11 is 0. The van der Waals surface area contributed by atoms with Crippen LogP contribution < -0.4 is 5.32 Å². The number of rotatable bonds is 7. The van der Waals surface area contributed by atoms with E-state index in [9.17, 15) is 9.18 Å². The topological polar surface area (TPSA) is 54.9 Å². The van der Waals surface area contributed by atoms with E-state index >= 15 is 0 Å². The summed E-state index contributed by atoms with van der Waals surface area (Å²) in [5.74, 6) is -0.550. The predicted octanol–water partition coefficient (Wildman–Crippen LogP) is 4.43. The third kappa shape index (κ3) is 4.23. The highest BCUT2D eigenvalue weighted by molar-refractivity contribution is 5.94. The maximum atomic E-state index is 14.6. The number of amides is 1. The molecule has 2 heterocycles. The summed E-state index contributed by atoms with van der Waals surface area (Å²) < 4.78 is 14.6. The van der Waals surface area contributed by atoms with Gasteiger partial charge in [0.05, 0.1) is 11.0 Å². The van der Waals surface area contributed by atoms with Crippen LogP contribution in [0.4, 0.5) is 4.39 Å². The number of fused-ring (bicyclic) bond motifs is 1. The van der Waals surface area contributed by atoms with Crippen LogP contribution in [0.3, 0.4) is 0 Å². The van der Waals surface area contributed by atoms with Gasteiger partial charge in [0.15, 0.2) is 0 Å². The maximum Gasteiger partial charge on any atom is 0.270 e. The first-order valence-electron chi connectivity index (χ1n) is 8.95. The van der Waals surface area contributed by atoms with Crippen molar-refractivity contribution < 1.29 is 9.18 Å². The quantitative estimate of drug-likeness (QED) is 0.641. The fourth-order valence-corrected chi connectivity index (χ4v) is 2.88. The highest BCUT2D eigenvalue weighted by atomic mass is 19.1. The zero-order valence-electron chi connectivity index (χ0n) is 14.8. The van der Waals surface area contributed by atoms with E-state index in [0.717, 1.165) is 31.2 Å². The lowest BCUT2D eigenvalue weighted by atomic mass is 10.0. The molecule has 5 heteroatoms. The molecule has 1 N–H and O–H groups in total. The van der Waals surface area contributed by atoms with Crippen LogP contribution in [-0.2, 0) is 13.0 Å². The van der Waals surface area contributed by atoms with Gasteiger partial charge in [0, 0.05) is 18.3 Å². The molecule has 26 heavy (non-hydrogen) atoms. The summed E-state index contributed by atoms with van der Waals surface area (Å²) in [4.78, 5) is 20.8. The van der Waals surface area contributed by atoms with Gasteiger partial charge in [-0.15, -0.1) is 0 Å². The third-order valence-electron chi connectivity index (χ3n) is 4.34. The Morgan fingerprint density at radius 1 is 1.04 bits per heavy atom. The van der Waals surface area contributed by atoms with Crippen LogP contribution in [0.1, 0.15) is 47.8 Å². The smallest absolute Gasteiger partial charge is 0.270 e. The van der Waals surface area contributed by atoms with Crippen molar-refractivity contribution in [3.63, 3.8) is 0 Å². The molecule has 2 aromatic heterocycles. The molecule has 1 amide bonds. The molecule has 0 spiro atoms. The fraction of sp³-hybridized carbons (Fsp3) is 0.286. The predicted molar refractivity (Wildman–Crippen MR) is 100 cm³/mol. The van der Waals surface area contributed by atoms with Crippen molar-refractivity contribution in [3.05, 3.63) is 71.3 Å². The summed E-state index contributed by atoms with van der Waals surface area (Å²) in [7, 11) is 0. The second kappa shape index (κ2) is 8.52. The van der Waals surface area contributed by atoms with Crippen molar-refractivity contribution in [2.45, 2.75) is 39.2 Å². The van der Waals surface area contributed by atoms with Gasteiger partial charge in [-0.3, -0.25) is 9.78 Å². The van der Waals surface area contributed by atoms with Gasteiger partial charge < -0.3 is 5.32 Å². The molecule has 0 unspecified atom stereocenters. The molecular weight excluding hydrogens is 329 g/mol. The second-order valence-corrected chi connectivity index (χ2v) is 6.27. The number of pyridine rings is 2. The average molecular weight is 351 g/mol. The summed E-state index contributed by atoms with van der Waals surface area (Å²) in [6.07, 6.45) is 5.56. The number of hydrogen-bond donors (Lipinski definition) is 1. The largest absolute Gasteiger partial charge is 0.347 e. The van der Waals surface area contributed by atoms with Crippen LogP contribution in [0, 0.1) is 5.82 Å². The van der Waals surface area contributed by atoms with E-state index in [1.165, 1.54) is 0 Å². The molecule has 0 aliphatic carbocycles. The van der Waals surface area contributed by atoms with Gasteiger partial charge in [0.1, 0.15) is 11.5 Å². The first-order valence-corrected chi connectivity index (χ1v) is 8.95. The van der Waals surface area contributed by atoms with Gasteiger partial charge in [0.25, 0.3) is 5.91 Å². The number of carbonyl (C=O) groups excluding carboxylic acids is 1. The maximum absolute atomic E-state index is 14.6. The highest BCUT2D eigenvalue weighted by Gasteiger charge is 2.12. The molecule has 0 atom stereocenters. The molecule has 0 aliphatic rings. The number of carbonyl (C=O) groups is 1. The third-order valence-corrected chi connectivity index (χ3v) is 4.34. The molecule has 0 fully saturated rings. The van der Waals surface area contributed by atoms with E-state index < -0.39 is 0 Å². The van der Waals surface area contributed by atoms with Crippen LogP contribution in [0.2, 0.25) is 0 Å². The molecule has 4 nitrogen and oxygen atoms in total. The Balaban J connectivity index is 1.67. The van der Waals surface area contributed by atoms with Gasteiger partial charge in [-0.25, -0.2) is 9.37 Å². The fourth-order valence-electron chi connectivity index (χ4n) is 2.88. The second-order valence-electron chi connectivity index (χ2n) is 6.27. The summed E-state index contributed by atoms with van der Waals surface area (Å²) in [5, 5.41) is 2.75. The van der Waals surface area contributed by atoms with Gasteiger partial charge in [0.2, 0.25) is 0 Å². The number of unbranched alkanes of at least 4 members (excludes halogenated alkanes) is 2. The minimum absolute atomic E-state index is 0.138. The molecule has 0 radical (unpaired) electrons. The van der Waals surface area contributed by atoms with Crippen LogP contribution in [0.25, 0.3) is 11.0 Å². The molecule has 134 valence electrons. The molecular formula is C21H22FN3O. The van der Waals surface area contributed by atoms with Crippen molar-refractivity contribution in [3.8, 4) is 0 Å². The molecule has 1 aromatic carbocycles. The molecule has 0 saturated carbocycles. The number of aromatic nitrogens is 2. The lowest BCUT2D eigenvalue weighted by molar-refractivity contribution is 0.0946.